The number of fused-ring (bicyclic) bond motifs is 3. The van der Waals surface area contributed by atoms with Gasteiger partial charge in [0.15, 0.2) is 0 Å². The Morgan fingerprint density at radius 1 is 1.04 bits per heavy atom. The van der Waals surface area contributed by atoms with Crippen LogP contribution < -0.4 is 0 Å². The van der Waals surface area contributed by atoms with E-state index in [1.165, 1.54) is 6.92 Å². The summed E-state index contributed by atoms with van der Waals surface area (Å²) in [5.41, 5.74) is -0.832. The molecule has 4 rings (SSSR count). The molecule has 0 amide bonds. The Balaban J connectivity index is 1.83. The van der Waals surface area contributed by atoms with E-state index >= 15 is 0 Å². The quantitative estimate of drug-likeness (QED) is 0.519. The SMILES string of the molecule is CC(=O)O[C@H]1CCC(C)(C)C2CC[C@]34C[C@](C)([C@H](Cl)CC3[C@@]21C)[C@H](O)[C@H]4O. The lowest BCUT2D eigenvalue weighted by atomic mass is 9.39. The van der Waals surface area contributed by atoms with Crippen LogP contribution in [0.15, 0.2) is 0 Å². The lowest BCUT2D eigenvalue weighted by Crippen LogP contribution is -2.64. The van der Waals surface area contributed by atoms with E-state index in [0.717, 1.165) is 38.5 Å². The Bertz CT molecular complexity index is 650. The number of ether oxygens (including phenoxy) is 1. The van der Waals surface area contributed by atoms with Crippen molar-refractivity contribution in [3.8, 4) is 0 Å². The van der Waals surface area contributed by atoms with Crippen molar-refractivity contribution in [3.63, 3.8) is 0 Å². The van der Waals surface area contributed by atoms with Crippen LogP contribution in [-0.2, 0) is 9.53 Å². The van der Waals surface area contributed by atoms with Gasteiger partial charge in [-0.05, 0) is 55.8 Å². The van der Waals surface area contributed by atoms with Crippen molar-refractivity contribution in [2.24, 2.45) is 33.5 Å². The van der Waals surface area contributed by atoms with Gasteiger partial charge >= 0.3 is 5.97 Å². The number of rotatable bonds is 1. The first-order valence-electron chi connectivity index (χ1n) is 10.6. The van der Waals surface area contributed by atoms with Gasteiger partial charge in [-0.3, -0.25) is 4.79 Å². The van der Waals surface area contributed by atoms with Gasteiger partial charge in [0.25, 0.3) is 0 Å². The number of aliphatic hydroxyl groups is 2. The molecular weight excluding hydrogens is 364 g/mol. The van der Waals surface area contributed by atoms with Gasteiger partial charge in [0.05, 0.1) is 12.2 Å². The number of halogens is 1. The first-order chi connectivity index (χ1) is 12.4. The molecule has 1 spiro atoms. The normalized spacial score (nSPS) is 56.1. The minimum atomic E-state index is -0.783. The number of hydrogen-bond acceptors (Lipinski definition) is 4. The Hall–Kier alpha value is -0.320. The fraction of sp³-hybridized carbons (Fsp3) is 0.955. The molecule has 9 atom stereocenters. The third kappa shape index (κ3) is 2.39. The van der Waals surface area contributed by atoms with Gasteiger partial charge in [-0.25, -0.2) is 0 Å². The fourth-order valence-corrected chi connectivity index (χ4v) is 8.62. The number of esters is 1. The molecule has 4 nitrogen and oxygen atoms in total. The summed E-state index contributed by atoms with van der Waals surface area (Å²) in [6, 6.07) is 0. The van der Waals surface area contributed by atoms with E-state index in [0.29, 0.717) is 5.92 Å². The topological polar surface area (TPSA) is 66.8 Å². The molecule has 4 saturated carbocycles. The third-order valence-corrected chi connectivity index (χ3v) is 10.2. The van der Waals surface area contributed by atoms with E-state index in [9.17, 15) is 15.0 Å². The van der Waals surface area contributed by atoms with E-state index < -0.39 is 17.6 Å². The van der Waals surface area contributed by atoms with Gasteiger partial charge in [-0.1, -0.05) is 27.7 Å². The Labute approximate surface area is 168 Å². The molecule has 27 heavy (non-hydrogen) atoms. The summed E-state index contributed by atoms with van der Waals surface area (Å²) >= 11 is 6.87. The molecule has 0 aromatic heterocycles. The number of carbonyl (C=O) groups excluding carboxylic acids is 1. The summed E-state index contributed by atoms with van der Waals surface area (Å²) in [6.45, 7) is 10.5. The van der Waals surface area contributed by atoms with Crippen LogP contribution in [0.3, 0.4) is 0 Å². The average molecular weight is 399 g/mol. The zero-order valence-corrected chi connectivity index (χ0v) is 18.1. The van der Waals surface area contributed by atoms with Crippen molar-refractivity contribution in [2.75, 3.05) is 0 Å². The molecule has 4 aliphatic carbocycles. The molecule has 0 heterocycles. The zero-order chi connectivity index (χ0) is 20.0. The smallest absolute Gasteiger partial charge is 0.302 e. The molecular formula is C22H35ClO4. The van der Waals surface area contributed by atoms with E-state index in [-0.39, 0.29) is 39.6 Å². The molecule has 154 valence electrons. The highest BCUT2D eigenvalue weighted by atomic mass is 35.5. The molecule has 0 aromatic carbocycles. The van der Waals surface area contributed by atoms with E-state index in [4.69, 9.17) is 16.3 Å². The number of aliphatic hydroxyl groups excluding tert-OH is 2. The van der Waals surface area contributed by atoms with Crippen molar-refractivity contribution in [1.82, 2.24) is 0 Å². The molecule has 4 fully saturated rings. The third-order valence-electron chi connectivity index (χ3n) is 9.52. The highest BCUT2D eigenvalue weighted by Crippen LogP contribution is 2.74. The summed E-state index contributed by atoms with van der Waals surface area (Å²) in [5, 5.41) is 21.9. The maximum Gasteiger partial charge on any atom is 0.302 e. The van der Waals surface area contributed by atoms with Crippen LogP contribution in [0.25, 0.3) is 0 Å². The zero-order valence-electron chi connectivity index (χ0n) is 17.3. The Kier molecular flexibility index (Phi) is 4.33. The Morgan fingerprint density at radius 3 is 2.33 bits per heavy atom. The van der Waals surface area contributed by atoms with Crippen LogP contribution in [0, 0.1) is 33.5 Å². The highest BCUT2D eigenvalue weighted by Gasteiger charge is 2.74. The van der Waals surface area contributed by atoms with Gasteiger partial charge in [0.2, 0.25) is 0 Å². The van der Waals surface area contributed by atoms with Crippen molar-refractivity contribution in [1.29, 1.82) is 0 Å². The van der Waals surface area contributed by atoms with E-state index in [2.05, 4.69) is 20.8 Å². The minimum absolute atomic E-state index is 0.145. The number of alkyl halides is 1. The van der Waals surface area contributed by atoms with E-state index in [1.807, 2.05) is 6.92 Å². The first kappa shape index (κ1) is 20.0. The van der Waals surface area contributed by atoms with Crippen LogP contribution in [0.4, 0.5) is 0 Å². The minimum Gasteiger partial charge on any atom is -0.462 e. The second-order valence-corrected chi connectivity index (χ2v) is 11.7. The molecule has 0 saturated heterocycles. The summed E-state index contributed by atoms with van der Waals surface area (Å²) in [7, 11) is 0. The largest absolute Gasteiger partial charge is 0.462 e. The Morgan fingerprint density at radius 2 is 1.70 bits per heavy atom. The predicted octanol–water partition coefficient (Wildman–Crippen LogP) is 3.90. The molecule has 5 heteroatoms. The summed E-state index contributed by atoms with van der Waals surface area (Å²) in [5.74, 6) is 0.335. The lowest BCUT2D eigenvalue weighted by Gasteiger charge is -2.66. The summed E-state index contributed by atoms with van der Waals surface area (Å²) < 4.78 is 5.91. The fourth-order valence-electron chi connectivity index (χ4n) is 8.24. The van der Waals surface area contributed by atoms with Crippen molar-refractivity contribution < 1.29 is 19.7 Å². The maximum atomic E-state index is 11.9. The second kappa shape index (κ2) is 5.86. The number of hydrogen-bond donors (Lipinski definition) is 2. The molecule has 2 unspecified atom stereocenters. The van der Waals surface area contributed by atoms with Crippen LogP contribution in [-0.4, -0.2) is 39.9 Å². The standard InChI is InChI=1S/C22H35ClO4/c1-12(24)27-16-7-8-19(2,3)13-6-9-22-11-20(4,17(25)18(22)26)15(23)10-14(22)21(13,16)5/h13-18,25-26H,6-11H2,1-5H3/t13?,14?,15-,16+,17-,18-,20-,21-,22+/m1/s1. The molecule has 4 aliphatic rings. The summed E-state index contributed by atoms with van der Waals surface area (Å²) in [6.07, 6.45) is 3.67. The van der Waals surface area contributed by atoms with Gasteiger partial charge in [-0.15, -0.1) is 11.6 Å². The highest BCUT2D eigenvalue weighted by molar-refractivity contribution is 6.21. The van der Waals surface area contributed by atoms with Gasteiger partial charge in [0, 0.05) is 28.5 Å². The van der Waals surface area contributed by atoms with Crippen LogP contribution in [0.1, 0.15) is 73.1 Å². The monoisotopic (exact) mass is 398 g/mol. The molecule has 0 aromatic rings. The van der Waals surface area contributed by atoms with Gasteiger partial charge < -0.3 is 14.9 Å². The molecule has 2 bridgehead atoms. The van der Waals surface area contributed by atoms with Gasteiger partial charge in [0.1, 0.15) is 6.10 Å². The van der Waals surface area contributed by atoms with Crippen LogP contribution >= 0.6 is 11.6 Å². The molecule has 2 N–H and O–H groups in total. The number of carbonyl (C=O) groups is 1. The van der Waals surface area contributed by atoms with Crippen molar-refractivity contribution in [3.05, 3.63) is 0 Å². The predicted molar refractivity (Wildman–Crippen MR) is 104 cm³/mol. The first-order valence-corrected chi connectivity index (χ1v) is 11.0. The van der Waals surface area contributed by atoms with E-state index in [1.54, 1.807) is 0 Å². The average Bonchev–Trinajstić information content (AvgIpc) is 2.73. The van der Waals surface area contributed by atoms with Crippen LogP contribution in [0.2, 0.25) is 0 Å². The summed E-state index contributed by atoms with van der Waals surface area (Å²) in [4.78, 5) is 11.9. The molecule has 0 radical (unpaired) electrons. The second-order valence-electron chi connectivity index (χ2n) is 11.1. The van der Waals surface area contributed by atoms with Crippen LogP contribution in [0.5, 0.6) is 0 Å². The van der Waals surface area contributed by atoms with Gasteiger partial charge in [-0.2, -0.15) is 0 Å². The lowest BCUT2D eigenvalue weighted by molar-refractivity contribution is -0.227. The van der Waals surface area contributed by atoms with Crippen molar-refractivity contribution >= 4 is 17.6 Å². The van der Waals surface area contributed by atoms with Crippen molar-refractivity contribution in [2.45, 2.75) is 96.8 Å². The molecule has 0 aliphatic heterocycles. The maximum absolute atomic E-state index is 11.9.